The van der Waals surface area contributed by atoms with Crippen LogP contribution in [0.4, 0.5) is 10.5 Å². The van der Waals surface area contributed by atoms with Gasteiger partial charge in [-0.25, -0.2) is 9.48 Å². The van der Waals surface area contributed by atoms with Crippen molar-refractivity contribution >= 4 is 11.8 Å². The first-order valence-electron chi connectivity index (χ1n) is 9.33. The maximum absolute atomic E-state index is 12.9. The standard InChI is InChI=1S/C22H23N3O3/c1-13(2)25-21(26)19(14(3)23-25)24(4)22(27)28-20-17-11-7-5-9-15(17)16-10-6-8-12-18(16)20/h5-13,20,23H,1-4H3. The largest absolute Gasteiger partial charge is 0.436 e. The Balaban J connectivity index is 1.67. The van der Waals surface area contributed by atoms with Gasteiger partial charge in [0.05, 0.1) is 5.69 Å². The quantitative estimate of drug-likeness (QED) is 0.735. The van der Waals surface area contributed by atoms with Crippen LogP contribution < -0.4 is 10.5 Å². The Kier molecular flexibility index (Phi) is 4.34. The number of amides is 1. The molecule has 1 aliphatic rings. The summed E-state index contributed by atoms with van der Waals surface area (Å²) in [7, 11) is 1.57. The average Bonchev–Trinajstić information content (AvgIpc) is 3.16. The van der Waals surface area contributed by atoms with Gasteiger partial charge in [0, 0.05) is 24.2 Å². The number of hydrogen-bond acceptors (Lipinski definition) is 3. The lowest BCUT2D eigenvalue weighted by Crippen LogP contribution is -2.33. The van der Waals surface area contributed by atoms with Crippen molar-refractivity contribution in [3.05, 3.63) is 75.7 Å². The van der Waals surface area contributed by atoms with Gasteiger partial charge in [-0.15, -0.1) is 0 Å². The lowest BCUT2D eigenvalue weighted by Gasteiger charge is -2.20. The van der Waals surface area contributed by atoms with Gasteiger partial charge < -0.3 is 4.74 Å². The molecule has 6 heteroatoms. The van der Waals surface area contributed by atoms with Crippen LogP contribution in [-0.2, 0) is 4.74 Å². The summed E-state index contributed by atoms with van der Waals surface area (Å²) >= 11 is 0. The number of nitrogens with one attached hydrogen (secondary N) is 1. The number of aromatic nitrogens is 2. The summed E-state index contributed by atoms with van der Waals surface area (Å²) < 4.78 is 7.39. The molecule has 1 N–H and O–H groups in total. The molecule has 0 fully saturated rings. The first kappa shape index (κ1) is 18.1. The molecular weight excluding hydrogens is 354 g/mol. The molecule has 28 heavy (non-hydrogen) atoms. The number of aromatic amines is 1. The molecule has 0 spiro atoms. The summed E-state index contributed by atoms with van der Waals surface area (Å²) in [5, 5.41) is 3.03. The zero-order valence-corrected chi connectivity index (χ0v) is 16.4. The van der Waals surface area contributed by atoms with Gasteiger partial charge in [0.1, 0.15) is 5.69 Å². The Morgan fingerprint density at radius 3 is 2.11 bits per heavy atom. The lowest BCUT2D eigenvalue weighted by molar-refractivity contribution is 0.127. The third-order valence-electron chi connectivity index (χ3n) is 5.19. The van der Waals surface area contributed by atoms with Gasteiger partial charge >= 0.3 is 6.09 Å². The number of fused-ring (bicyclic) bond motifs is 3. The molecule has 0 saturated carbocycles. The van der Waals surface area contributed by atoms with E-state index in [2.05, 4.69) is 5.10 Å². The fourth-order valence-corrected chi connectivity index (χ4v) is 3.83. The van der Waals surface area contributed by atoms with Crippen LogP contribution in [0.25, 0.3) is 11.1 Å². The van der Waals surface area contributed by atoms with Crippen LogP contribution in [0.5, 0.6) is 0 Å². The topological polar surface area (TPSA) is 67.3 Å². The van der Waals surface area contributed by atoms with Crippen molar-refractivity contribution in [2.75, 3.05) is 11.9 Å². The van der Waals surface area contributed by atoms with Crippen LogP contribution in [-0.4, -0.2) is 22.9 Å². The molecule has 1 aliphatic carbocycles. The molecule has 3 aromatic rings. The van der Waals surface area contributed by atoms with Crippen LogP contribution in [0, 0.1) is 6.92 Å². The summed E-state index contributed by atoms with van der Waals surface area (Å²) in [5.41, 5.74) is 4.74. The summed E-state index contributed by atoms with van der Waals surface area (Å²) in [5.74, 6) is 0. The molecule has 6 nitrogen and oxygen atoms in total. The van der Waals surface area contributed by atoms with Gasteiger partial charge in [0.15, 0.2) is 6.10 Å². The first-order valence-corrected chi connectivity index (χ1v) is 9.33. The molecule has 1 heterocycles. The molecule has 0 atom stereocenters. The van der Waals surface area contributed by atoms with Crippen molar-refractivity contribution in [3.8, 4) is 11.1 Å². The van der Waals surface area contributed by atoms with Crippen LogP contribution in [0.2, 0.25) is 0 Å². The molecule has 4 rings (SSSR count). The fourth-order valence-electron chi connectivity index (χ4n) is 3.83. The van der Waals surface area contributed by atoms with Crippen molar-refractivity contribution in [2.45, 2.75) is 32.9 Å². The van der Waals surface area contributed by atoms with E-state index in [0.29, 0.717) is 11.4 Å². The van der Waals surface area contributed by atoms with Gasteiger partial charge in [-0.3, -0.25) is 14.8 Å². The summed E-state index contributed by atoms with van der Waals surface area (Å²) in [6.45, 7) is 5.59. The third kappa shape index (κ3) is 2.72. The second-order valence-corrected chi connectivity index (χ2v) is 7.35. The number of carbonyl (C=O) groups is 1. The van der Waals surface area contributed by atoms with Crippen molar-refractivity contribution in [2.24, 2.45) is 0 Å². The Bertz CT molecular complexity index is 1060. The number of aryl methyl sites for hydroxylation is 1. The van der Waals surface area contributed by atoms with E-state index in [0.717, 1.165) is 22.3 Å². The molecule has 0 radical (unpaired) electrons. The number of carbonyl (C=O) groups excluding carboxylic acids is 1. The Hall–Kier alpha value is -3.28. The van der Waals surface area contributed by atoms with E-state index in [9.17, 15) is 9.59 Å². The van der Waals surface area contributed by atoms with Crippen molar-refractivity contribution in [1.82, 2.24) is 9.78 Å². The highest BCUT2D eigenvalue weighted by molar-refractivity contribution is 5.89. The number of hydrogen-bond donors (Lipinski definition) is 1. The van der Waals surface area contributed by atoms with Crippen molar-refractivity contribution < 1.29 is 9.53 Å². The first-order chi connectivity index (χ1) is 13.4. The smallest absolute Gasteiger partial charge is 0.415 e. The normalized spacial score (nSPS) is 12.8. The number of H-pyrrole nitrogens is 1. The van der Waals surface area contributed by atoms with Crippen LogP contribution >= 0.6 is 0 Å². The number of anilines is 1. The minimum atomic E-state index is -0.563. The molecule has 0 bridgehead atoms. The molecule has 0 aliphatic heterocycles. The van der Waals surface area contributed by atoms with Gasteiger partial charge in [0.2, 0.25) is 0 Å². The second kappa shape index (κ2) is 6.71. The highest BCUT2D eigenvalue weighted by Crippen LogP contribution is 2.45. The van der Waals surface area contributed by atoms with Gasteiger partial charge in [0.25, 0.3) is 5.56 Å². The van der Waals surface area contributed by atoms with Crippen LogP contribution in [0.15, 0.2) is 53.3 Å². The van der Waals surface area contributed by atoms with E-state index in [1.165, 1.54) is 9.58 Å². The number of benzene rings is 2. The van der Waals surface area contributed by atoms with Gasteiger partial charge in [-0.1, -0.05) is 48.5 Å². The molecular formula is C22H23N3O3. The third-order valence-corrected chi connectivity index (χ3v) is 5.19. The van der Waals surface area contributed by atoms with E-state index < -0.39 is 12.2 Å². The Morgan fingerprint density at radius 1 is 1.07 bits per heavy atom. The minimum absolute atomic E-state index is 0.0297. The average molecular weight is 377 g/mol. The van der Waals surface area contributed by atoms with Crippen LogP contribution in [0.3, 0.4) is 0 Å². The summed E-state index contributed by atoms with van der Waals surface area (Å²) in [6, 6.07) is 15.8. The SMILES string of the molecule is Cc1[nH]n(C(C)C)c(=O)c1N(C)C(=O)OC1c2ccccc2-c2ccccc21. The highest BCUT2D eigenvalue weighted by Gasteiger charge is 2.33. The number of nitrogens with zero attached hydrogens (tertiary/aromatic N) is 2. The Morgan fingerprint density at radius 2 is 1.61 bits per heavy atom. The predicted octanol–water partition coefficient (Wildman–Crippen LogP) is 4.41. The molecule has 1 aromatic heterocycles. The molecule has 144 valence electrons. The maximum atomic E-state index is 12.9. The summed E-state index contributed by atoms with van der Waals surface area (Å²) in [4.78, 5) is 26.9. The molecule has 0 saturated heterocycles. The van der Waals surface area contributed by atoms with Gasteiger partial charge in [-0.05, 0) is 31.9 Å². The zero-order valence-electron chi connectivity index (χ0n) is 16.4. The highest BCUT2D eigenvalue weighted by atomic mass is 16.6. The van der Waals surface area contributed by atoms with Crippen molar-refractivity contribution in [3.63, 3.8) is 0 Å². The van der Waals surface area contributed by atoms with Crippen LogP contribution in [0.1, 0.15) is 42.8 Å². The monoisotopic (exact) mass is 377 g/mol. The molecule has 1 amide bonds. The second-order valence-electron chi connectivity index (χ2n) is 7.35. The summed E-state index contributed by atoms with van der Waals surface area (Å²) in [6.07, 6.45) is -1.06. The van der Waals surface area contributed by atoms with Gasteiger partial charge in [-0.2, -0.15) is 0 Å². The number of ether oxygens (including phenoxy) is 1. The molecule has 0 unspecified atom stereocenters. The fraction of sp³-hybridized carbons (Fsp3) is 0.273. The zero-order chi connectivity index (χ0) is 20.0. The maximum Gasteiger partial charge on any atom is 0.415 e. The predicted molar refractivity (Wildman–Crippen MR) is 109 cm³/mol. The van der Waals surface area contributed by atoms with E-state index in [1.54, 1.807) is 14.0 Å². The van der Waals surface area contributed by atoms with Crippen molar-refractivity contribution in [1.29, 1.82) is 0 Å². The van der Waals surface area contributed by atoms with E-state index in [-0.39, 0.29) is 11.6 Å². The molecule has 2 aromatic carbocycles. The minimum Gasteiger partial charge on any atom is -0.436 e. The van der Waals surface area contributed by atoms with E-state index >= 15 is 0 Å². The Labute approximate surface area is 163 Å². The van der Waals surface area contributed by atoms with E-state index in [4.69, 9.17) is 4.74 Å². The lowest BCUT2D eigenvalue weighted by atomic mass is 10.1. The number of rotatable bonds is 3. The van der Waals surface area contributed by atoms with E-state index in [1.807, 2.05) is 62.4 Å².